The molecule has 16 heavy (non-hydrogen) atoms. The van der Waals surface area contributed by atoms with Gasteiger partial charge >= 0.3 is 0 Å². The summed E-state index contributed by atoms with van der Waals surface area (Å²) in [4.78, 5) is 6.47. The van der Waals surface area contributed by atoms with Crippen molar-refractivity contribution < 1.29 is 0 Å². The molecule has 88 valence electrons. The Morgan fingerprint density at radius 2 is 2.31 bits per heavy atom. The van der Waals surface area contributed by atoms with Gasteiger partial charge in [0.2, 0.25) is 0 Å². The van der Waals surface area contributed by atoms with Gasteiger partial charge in [-0.2, -0.15) is 5.26 Å². The summed E-state index contributed by atoms with van der Waals surface area (Å²) in [5.41, 5.74) is 2.58. The Labute approximate surface area is 101 Å². The topological polar surface area (TPSA) is 52.0 Å². The number of hydrogen-bond acceptors (Lipinski definition) is 5. The second kappa shape index (κ2) is 7.34. The van der Waals surface area contributed by atoms with Crippen LogP contribution in [0.2, 0.25) is 0 Å². The molecule has 1 aromatic heterocycles. The molecule has 0 aliphatic carbocycles. The summed E-state index contributed by atoms with van der Waals surface area (Å²) >= 11 is 1.52. The molecule has 4 nitrogen and oxygen atoms in total. The van der Waals surface area contributed by atoms with E-state index < -0.39 is 0 Å². The molecule has 1 atom stereocenters. The standard InChI is InChI=1S/C11H18N4S/c1-3-15(4-2)6-5-13-10(7-12)11-8-16-9-14-11/h8-10,13H,3-6H2,1-2H3. The monoisotopic (exact) mass is 238 g/mol. The van der Waals surface area contributed by atoms with Gasteiger partial charge in [0.05, 0.1) is 17.3 Å². The smallest absolute Gasteiger partial charge is 0.139 e. The summed E-state index contributed by atoms with van der Waals surface area (Å²) in [5, 5.41) is 14.1. The van der Waals surface area contributed by atoms with Crippen LogP contribution in [0.1, 0.15) is 25.6 Å². The van der Waals surface area contributed by atoms with Crippen molar-refractivity contribution in [2.75, 3.05) is 26.2 Å². The van der Waals surface area contributed by atoms with Crippen LogP contribution in [0, 0.1) is 11.3 Å². The van der Waals surface area contributed by atoms with Crippen molar-refractivity contribution in [2.45, 2.75) is 19.9 Å². The van der Waals surface area contributed by atoms with Gasteiger partial charge in [-0.3, -0.25) is 5.32 Å². The van der Waals surface area contributed by atoms with Crippen molar-refractivity contribution in [3.8, 4) is 6.07 Å². The maximum absolute atomic E-state index is 9.02. The molecule has 0 bridgehead atoms. The predicted octanol–water partition coefficient (Wildman–Crippen LogP) is 1.64. The van der Waals surface area contributed by atoms with E-state index in [1.807, 2.05) is 5.38 Å². The van der Waals surface area contributed by atoms with Gasteiger partial charge in [-0.25, -0.2) is 4.98 Å². The van der Waals surface area contributed by atoms with Gasteiger partial charge in [0.25, 0.3) is 0 Å². The van der Waals surface area contributed by atoms with E-state index in [-0.39, 0.29) is 6.04 Å². The summed E-state index contributed by atoms with van der Waals surface area (Å²) < 4.78 is 0. The van der Waals surface area contributed by atoms with Crippen LogP contribution in [0.5, 0.6) is 0 Å². The fourth-order valence-corrected chi connectivity index (χ4v) is 2.07. The van der Waals surface area contributed by atoms with Crippen LogP contribution in [-0.4, -0.2) is 36.1 Å². The second-order valence-electron chi connectivity index (χ2n) is 3.46. The van der Waals surface area contributed by atoms with Gasteiger partial charge in [-0.05, 0) is 13.1 Å². The van der Waals surface area contributed by atoms with Crippen LogP contribution in [0.3, 0.4) is 0 Å². The fourth-order valence-electron chi connectivity index (χ4n) is 1.49. The zero-order chi connectivity index (χ0) is 11.8. The highest BCUT2D eigenvalue weighted by atomic mass is 32.1. The zero-order valence-electron chi connectivity index (χ0n) is 9.81. The Morgan fingerprint density at radius 1 is 1.56 bits per heavy atom. The first-order valence-electron chi connectivity index (χ1n) is 5.55. The number of hydrogen-bond donors (Lipinski definition) is 1. The molecule has 0 aliphatic rings. The summed E-state index contributed by atoms with van der Waals surface area (Å²) in [7, 11) is 0. The highest BCUT2D eigenvalue weighted by Gasteiger charge is 2.11. The predicted molar refractivity (Wildman–Crippen MR) is 66.3 cm³/mol. The number of nitrogens with one attached hydrogen (secondary N) is 1. The lowest BCUT2D eigenvalue weighted by Crippen LogP contribution is -2.33. The molecule has 1 unspecified atom stereocenters. The lowest BCUT2D eigenvalue weighted by atomic mass is 10.2. The van der Waals surface area contributed by atoms with Gasteiger partial charge in [0.1, 0.15) is 6.04 Å². The third-order valence-electron chi connectivity index (χ3n) is 2.55. The number of likely N-dealkylation sites (N-methyl/N-ethyl adjacent to an activating group) is 1. The van der Waals surface area contributed by atoms with Gasteiger partial charge in [0, 0.05) is 18.5 Å². The highest BCUT2D eigenvalue weighted by Crippen LogP contribution is 2.11. The SMILES string of the molecule is CCN(CC)CCNC(C#N)c1cscn1. The average molecular weight is 238 g/mol. The lowest BCUT2D eigenvalue weighted by Gasteiger charge is -2.18. The minimum absolute atomic E-state index is 0.276. The van der Waals surface area contributed by atoms with Crippen LogP contribution in [-0.2, 0) is 0 Å². The third kappa shape index (κ3) is 3.89. The molecule has 0 aliphatic heterocycles. The minimum Gasteiger partial charge on any atom is -0.303 e. The third-order valence-corrected chi connectivity index (χ3v) is 3.15. The van der Waals surface area contributed by atoms with Crippen molar-refractivity contribution in [2.24, 2.45) is 0 Å². The summed E-state index contributed by atoms with van der Waals surface area (Å²) in [6, 6.07) is 1.95. The normalized spacial score (nSPS) is 12.6. The largest absolute Gasteiger partial charge is 0.303 e. The summed E-state index contributed by atoms with van der Waals surface area (Å²) in [5.74, 6) is 0. The van der Waals surface area contributed by atoms with E-state index in [0.29, 0.717) is 0 Å². The van der Waals surface area contributed by atoms with Crippen molar-refractivity contribution in [3.63, 3.8) is 0 Å². The maximum atomic E-state index is 9.02. The first kappa shape index (κ1) is 13.1. The Bertz CT molecular complexity index is 313. The molecular weight excluding hydrogens is 220 g/mol. The van der Waals surface area contributed by atoms with Crippen molar-refractivity contribution in [1.82, 2.24) is 15.2 Å². The Kier molecular flexibility index (Phi) is 6.01. The van der Waals surface area contributed by atoms with Crippen LogP contribution < -0.4 is 5.32 Å². The zero-order valence-corrected chi connectivity index (χ0v) is 10.6. The molecule has 1 aromatic rings. The first-order chi connectivity index (χ1) is 7.81. The minimum atomic E-state index is -0.276. The van der Waals surface area contributed by atoms with Crippen molar-refractivity contribution in [3.05, 3.63) is 16.6 Å². The summed E-state index contributed by atoms with van der Waals surface area (Å²) in [6.07, 6.45) is 0. The second-order valence-corrected chi connectivity index (χ2v) is 4.18. The average Bonchev–Trinajstić information content (AvgIpc) is 2.83. The maximum Gasteiger partial charge on any atom is 0.139 e. The molecule has 0 spiro atoms. The molecule has 1 heterocycles. The molecule has 1 N–H and O–H groups in total. The van der Waals surface area contributed by atoms with Crippen molar-refractivity contribution >= 4 is 11.3 Å². The van der Waals surface area contributed by atoms with E-state index in [0.717, 1.165) is 31.9 Å². The van der Waals surface area contributed by atoms with E-state index >= 15 is 0 Å². The quantitative estimate of drug-likeness (QED) is 0.784. The lowest BCUT2D eigenvalue weighted by molar-refractivity contribution is 0.300. The summed E-state index contributed by atoms with van der Waals surface area (Å²) in [6.45, 7) is 8.17. The number of thiazole rings is 1. The van der Waals surface area contributed by atoms with Crippen LogP contribution >= 0.6 is 11.3 Å². The van der Waals surface area contributed by atoms with Gasteiger partial charge < -0.3 is 4.90 Å². The fraction of sp³-hybridized carbons (Fsp3) is 0.636. The highest BCUT2D eigenvalue weighted by molar-refractivity contribution is 7.07. The molecule has 0 fully saturated rings. The molecule has 0 amide bonds. The Balaban J connectivity index is 2.33. The molecule has 1 rings (SSSR count). The number of rotatable bonds is 7. The van der Waals surface area contributed by atoms with E-state index in [4.69, 9.17) is 5.26 Å². The van der Waals surface area contributed by atoms with E-state index in [1.165, 1.54) is 11.3 Å². The number of aromatic nitrogens is 1. The van der Waals surface area contributed by atoms with E-state index in [1.54, 1.807) is 5.51 Å². The van der Waals surface area contributed by atoms with Crippen molar-refractivity contribution in [1.29, 1.82) is 5.26 Å². The molecule has 0 saturated carbocycles. The van der Waals surface area contributed by atoms with Gasteiger partial charge in [-0.1, -0.05) is 13.8 Å². The molecule has 0 saturated heterocycles. The van der Waals surface area contributed by atoms with Crippen LogP contribution in [0.4, 0.5) is 0 Å². The molecule has 0 aromatic carbocycles. The van der Waals surface area contributed by atoms with Gasteiger partial charge in [-0.15, -0.1) is 11.3 Å². The number of nitriles is 1. The molecule has 5 heteroatoms. The Morgan fingerprint density at radius 3 is 2.81 bits per heavy atom. The van der Waals surface area contributed by atoms with Crippen LogP contribution in [0.15, 0.2) is 10.9 Å². The van der Waals surface area contributed by atoms with Gasteiger partial charge in [0.15, 0.2) is 0 Å². The van der Waals surface area contributed by atoms with Crippen LogP contribution in [0.25, 0.3) is 0 Å². The Hall–Kier alpha value is -0.960. The molecule has 0 radical (unpaired) electrons. The first-order valence-corrected chi connectivity index (χ1v) is 6.49. The van der Waals surface area contributed by atoms with E-state index in [9.17, 15) is 0 Å². The number of nitrogens with zero attached hydrogens (tertiary/aromatic N) is 3. The van der Waals surface area contributed by atoms with E-state index in [2.05, 4.69) is 35.1 Å². The molecular formula is C11H18N4S.